The molecule has 108 valence electrons. The number of halogens is 4. The van der Waals surface area contributed by atoms with Gasteiger partial charge in [0, 0.05) is 6.42 Å². The molecule has 1 aliphatic carbocycles. The molecule has 2 rings (SSSR count). The largest absolute Gasteiger partial charge is 0.411 e. The van der Waals surface area contributed by atoms with Crippen molar-refractivity contribution in [3.63, 3.8) is 0 Å². The average molecular weight is 287 g/mol. The Bertz CT molecular complexity index is 536. The molecule has 0 saturated carbocycles. The summed E-state index contributed by atoms with van der Waals surface area (Å²) in [5.74, 6) is -2.63. The number of nitrogens with two attached hydrogens (primary N) is 1. The van der Waals surface area contributed by atoms with E-state index < -0.39 is 18.6 Å². The molecule has 0 fully saturated rings. The van der Waals surface area contributed by atoms with Gasteiger partial charge in [-0.25, -0.2) is 4.39 Å². The van der Waals surface area contributed by atoms with Crippen LogP contribution in [-0.4, -0.2) is 18.6 Å². The maximum atomic E-state index is 14.5. The van der Waals surface area contributed by atoms with Crippen molar-refractivity contribution in [1.82, 2.24) is 0 Å². The van der Waals surface area contributed by atoms with Gasteiger partial charge in [-0.2, -0.15) is 13.2 Å². The Morgan fingerprint density at radius 3 is 2.40 bits per heavy atom. The van der Waals surface area contributed by atoms with Crippen molar-refractivity contribution in [2.24, 2.45) is 5.73 Å². The van der Waals surface area contributed by atoms with E-state index in [2.05, 4.69) is 4.74 Å². The zero-order valence-corrected chi connectivity index (χ0v) is 10.5. The fourth-order valence-electron chi connectivity index (χ4n) is 1.90. The van der Waals surface area contributed by atoms with Gasteiger partial charge in [0.2, 0.25) is 0 Å². The number of hydrogen-bond acceptors (Lipinski definition) is 2. The topological polar surface area (TPSA) is 35.2 Å². The normalized spacial score (nSPS) is 23.2. The summed E-state index contributed by atoms with van der Waals surface area (Å²) >= 11 is 0. The van der Waals surface area contributed by atoms with Crippen LogP contribution in [0.5, 0.6) is 0 Å². The molecule has 1 aromatic carbocycles. The fraction of sp³-hybridized carbons (Fsp3) is 0.286. The predicted molar refractivity (Wildman–Crippen MR) is 67.2 cm³/mol. The van der Waals surface area contributed by atoms with Crippen LogP contribution < -0.4 is 5.73 Å². The summed E-state index contributed by atoms with van der Waals surface area (Å²) in [5, 5.41) is 0. The number of benzene rings is 1. The van der Waals surface area contributed by atoms with E-state index in [1.54, 1.807) is 36.4 Å². The fourth-order valence-corrected chi connectivity index (χ4v) is 1.90. The molecule has 0 spiro atoms. The highest BCUT2D eigenvalue weighted by Crippen LogP contribution is 2.37. The quantitative estimate of drug-likeness (QED) is 0.863. The second-order valence-corrected chi connectivity index (χ2v) is 4.49. The van der Waals surface area contributed by atoms with Crippen molar-refractivity contribution in [3.8, 4) is 0 Å². The van der Waals surface area contributed by atoms with Gasteiger partial charge in [-0.15, -0.1) is 0 Å². The lowest BCUT2D eigenvalue weighted by atomic mass is 9.92. The number of hydrogen-bond donors (Lipinski definition) is 1. The highest BCUT2D eigenvalue weighted by molar-refractivity contribution is 5.69. The van der Waals surface area contributed by atoms with Gasteiger partial charge < -0.3 is 10.5 Å². The third kappa shape index (κ3) is 3.39. The van der Waals surface area contributed by atoms with E-state index in [4.69, 9.17) is 5.73 Å². The molecule has 0 bridgehead atoms. The lowest BCUT2D eigenvalue weighted by molar-refractivity contribution is -0.225. The predicted octanol–water partition coefficient (Wildman–Crippen LogP) is 3.56. The summed E-state index contributed by atoms with van der Waals surface area (Å²) in [4.78, 5) is 0. The maximum absolute atomic E-state index is 14.5. The summed E-state index contributed by atoms with van der Waals surface area (Å²) in [6.07, 6.45) is -2.13. The first-order valence-electron chi connectivity index (χ1n) is 5.92. The Hall–Kier alpha value is -1.82. The smallest absolute Gasteiger partial charge is 0.397 e. The molecule has 0 aliphatic heterocycles. The second kappa shape index (κ2) is 5.28. The summed E-state index contributed by atoms with van der Waals surface area (Å²) < 4.78 is 55.3. The molecule has 1 unspecified atom stereocenters. The lowest BCUT2D eigenvalue weighted by Crippen LogP contribution is -2.38. The number of allylic oxidation sites excluding steroid dienone is 2. The molecule has 0 saturated heterocycles. The van der Waals surface area contributed by atoms with E-state index in [0.717, 1.165) is 0 Å². The van der Waals surface area contributed by atoms with Crippen LogP contribution in [0, 0.1) is 0 Å². The molecule has 1 aliphatic rings. The SMILES string of the molecule is NC1=CC=C(c2ccccc2)CC1(F)OCC(F)(F)F. The zero-order chi connectivity index (χ0) is 14.8. The van der Waals surface area contributed by atoms with Crippen LogP contribution in [0.3, 0.4) is 0 Å². The number of ether oxygens (including phenoxy) is 1. The molecule has 0 radical (unpaired) electrons. The number of alkyl halides is 4. The molecule has 0 heterocycles. The molecule has 0 amide bonds. The minimum atomic E-state index is -4.60. The first-order valence-corrected chi connectivity index (χ1v) is 5.92. The molecule has 1 atom stereocenters. The van der Waals surface area contributed by atoms with Crippen LogP contribution in [0.4, 0.5) is 17.6 Å². The Morgan fingerprint density at radius 1 is 1.15 bits per heavy atom. The van der Waals surface area contributed by atoms with Crippen molar-refractivity contribution in [2.45, 2.75) is 18.5 Å². The molecule has 2 nitrogen and oxygen atoms in total. The Balaban J connectivity index is 2.18. The molecule has 2 N–H and O–H groups in total. The molecule has 1 aromatic rings. The van der Waals surface area contributed by atoms with Crippen LogP contribution in [0.2, 0.25) is 0 Å². The van der Waals surface area contributed by atoms with Gasteiger partial charge in [-0.05, 0) is 17.2 Å². The maximum Gasteiger partial charge on any atom is 0.411 e. The van der Waals surface area contributed by atoms with E-state index in [1.807, 2.05) is 0 Å². The van der Waals surface area contributed by atoms with Gasteiger partial charge in [0.1, 0.15) is 6.61 Å². The van der Waals surface area contributed by atoms with Gasteiger partial charge in [-0.3, -0.25) is 0 Å². The monoisotopic (exact) mass is 287 g/mol. The first kappa shape index (κ1) is 14.6. The second-order valence-electron chi connectivity index (χ2n) is 4.49. The van der Waals surface area contributed by atoms with Crippen molar-refractivity contribution in [1.29, 1.82) is 0 Å². The van der Waals surface area contributed by atoms with Crippen molar-refractivity contribution in [2.75, 3.05) is 6.61 Å². The average Bonchev–Trinajstić information content (AvgIpc) is 2.40. The molecule has 20 heavy (non-hydrogen) atoms. The van der Waals surface area contributed by atoms with Gasteiger partial charge in [0.25, 0.3) is 5.85 Å². The lowest BCUT2D eigenvalue weighted by Gasteiger charge is -2.30. The highest BCUT2D eigenvalue weighted by Gasteiger charge is 2.41. The van der Waals surface area contributed by atoms with Crippen LogP contribution in [-0.2, 0) is 4.74 Å². The summed E-state index contributed by atoms with van der Waals surface area (Å²) in [6.45, 7) is -1.68. The summed E-state index contributed by atoms with van der Waals surface area (Å²) in [5.41, 5.74) is 6.32. The van der Waals surface area contributed by atoms with E-state index in [1.165, 1.54) is 6.08 Å². The molecule has 6 heteroatoms. The van der Waals surface area contributed by atoms with Gasteiger partial charge in [0.15, 0.2) is 0 Å². The highest BCUT2D eigenvalue weighted by atomic mass is 19.4. The van der Waals surface area contributed by atoms with Crippen LogP contribution >= 0.6 is 0 Å². The Morgan fingerprint density at radius 2 is 1.80 bits per heavy atom. The van der Waals surface area contributed by atoms with E-state index >= 15 is 0 Å². The Kier molecular flexibility index (Phi) is 3.85. The summed E-state index contributed by atoms with van der Waals surface area (Å²) in [6, 6.07) is 8.79. The first-order chi connectivity index (χ1) is 9.30. The molecular weight excluding hydrogens is 274 g/mol. The minimum Gasteiger partial charge on any atom is -0.397 e. The molecular formula is C14H13F4NO. The third-order valence-corrected chi connectivity index (χ3v) is 2.92. The van der Waals surface area contributed by atoms with Crippen molar-refractivity contribution >= 4 is 5.57 Å². The van der Waals surface area contributed by atoms with Crippen LogP contribution in [0.15, 0.2) is 48.2 Å². The standard InChI is InChI=1S/C14H13F4NO/c15-13(20-9-14(16,17)18)8-11(6-7-12(13)19)10-4-2-1-3-5-10/h1-7H,8-9,19H2. The zero-order valence-electron chi connectivity index (χ0n) is 10.5. The van der Waals surface area contributed by atoms with Crippen LogP contribution in [0.25, 0.3) is 5.57 Å². The van der Waals surface area contributed by atoms with Crippen LogP contribution in [0.1, 0.15) is 12.0 Å². The van der Waals surface area contributed by atoms with E-state index in [9.17, 15) is 17.6 Å². The van der Waals surface area contributed by atoms with Gasteiger partial charge in [-0.1, -0.05) is 36.4 Å². The number of rotatable bonds is 3. The van der Waals surface area contributed by atoms with E-state index in [0.29, 0.717) is 11.1 Å². The van der Waals surface area contributed by atoms with Crippen molar-refractivity contribution < 1.29 is 22.3 Å². The van der Waals surface area contributed by atoms with E-state index in [-0.39, 0.29) is 12.1 Å². The van der Waals surface area contributed by atoms with Crippen molar-refractivity contribution in [3.05, 3.63) is 53.7 Å². The third-order valence-electron chi connectivity index (χ3n) is 2.92. The van der Waals surface area contributed by atoms with Gasteiger partial charge >= 0.3 is 6.18 Å². The summed E-state index contributed by atoms with van der Waals surface area (Å²) in [7, 11) is 0. The minimum absolute atomic E-state index is 0.352. The van der Waals surface area contributed by atoms with Gasteiger partial charge in [0.05, 0.1) is 5.70 Å². The molecule has 0 aromatic heterocycles. The Labute approximate surface area is 113 Å².